The van der Waals surface area contributed by atoms with Gasteiger partial charge < -0.3 is 0 Å². The molecule has 0 amide bonds. The summed E-state index contributed by atoms with van der Waals surface area (Å²) in [5.74, 6) is -4.64. The highest BCUT2D eigenvalue weighted by Gasteiger charge is 2.27. The van der Waals surface area contributed by atoms with Crippen LogP contribution in [0.15, 0.2) is 24.3 Å². The number of hydrogen-bond acceptors (Lipinski definition) is 0. The fraction of sp³-hybridized carbons (Fsp3) is 0.571. The lowest BCUT2D eigenvalue weighted by Gasteiger charge is -2.32. The van der Waals surface area contributed by atoms with Crippen molar-refractivity contribution in [3.8, 4) is 11.1 Å². The zero-order valence-corrected chi connectivity index (χ0v) is 21.1. The minimum Gasteiger partial charge on any atom is -0.206 e. The second-order valence-electron chi connectivity index (χ2n) is 10.6. The van der Waals surface area contributed by atoms with Crippen molar-refractivity contribution in [1.29, 1.82) is 0 Å². The molecule has 0 N–H and O–H groups in total. The van der Waals surface area contributed by atoms with Gasteiger partial charge in [-0.2, -0.15) is 0 Å². The largest absolute Gasteiger partial charge is 0.206 e. The number of halogens is 5. The minimum atomic E-state index is -1.65. The molecule has 2 aromatic rings. The molecule has 2 aliphatic rings. The molecule has 1 saturated carbocycles. The van der Waals surface area contributed by atoms with Gasteiger partial charge in [-0.3, -0.25) is 0 Å². The molecule has 2 aromatic carbocycles. The summed E-state index contributed by atoms with van der Waals surface area (Å²) >= 11 is 0. The van der Waals surface area contributed by atoms with Crippen LogP contribution in [-0.4, -0.2) is 8.80 Å². The summed E-state index contributed by atoms with van der Waals surface area (Å²) in [6.45, 7) is 2.31. The monoisotopic (exact) mass is 494 g/mol. The van der Waals surface area contributed by atoms with Gasteiger partial charge in [0.25, 0.3) is 0 Å². The summed E-state index contributed by atoms with van der Waals surface area (Å²) < 4.78 is 70.0. The van der Waals surface area contributed by atoms with Crippen LogP contribution in [0.25, 0.3) is 11.1 Å². The zero-order chi connectivity index (χ0) is 24.2. The van der Waals surface area contributed by atoms with E-state index in [2.05, 4.69) is 6.92 Å². The van der Waals surface area contributed by atoms with Gasteiger partial charge in [-0.1, -0.05) is 57.2 Å². The standard InChI is InChI=1S/C28H35F5Si/c1-2-11-34-12-9-19(10-13-34)4-3-18-5-7-20(8-6-18)21-14-23(29)27(24(30)15-21)22-16-25(31)28(33)26(32)17-22/h14-20,34H,2-13H2,1H3/t18?,19-,20?,34-. The Morgan fingerprint density at radius 3 is 1.76 bits per heavy atom. The Morgan fingerprint density at radius 2 is 1.24 bits per heavy atom. The van der Waals surface area contributed by atoms with Crippen molar-refractivity contribution in [2.45, 2.75) is 88.8 Å². The van der Waals surface area contributed by atoms with Crippen LogP contribution in [0.4, 0.5) is 22.0 Å². The predicted molar refractivity (Wildman–Crippen MR) is 130 cm³/mol. The van der Waals surface area contributed by atoms with Crippen LogP contribution in [0.2, 0.25) is 18.1 Å². The average Bonchev–Trinajstić information content (AvgIpc) is 2.82. The van der Waals surface area contributed by atoms with Gasteiger partial charge in [0, 0.05) is 8.80 Å². The number of rotatable bonds is 7. The highest BCUT2D eigenvalue weighted by Crippen LogP contribution is 2.41. The third kappa shape index (κ3) is 5.92. The Morgan fingerprint density at radius 1 is 0.706 bits per heavy atom. The van der Waals surface area contributed by atoms with Crippen molar-refractivity contribution in [2.75, 3.05) is 0 Å². The second kappa shape index (κ2) is 11.4. The smallest absolute Gasteiger partial charge is 0.194 e. The van der Waals surface area contributed by atoms with E-state index < -0.39 is 43.4 Å². The van der Waals surface area contributed by atoms with E-state index in [1.54, 1.807) is 0 Å². The molecule has 0 unspecified atom stereocenters. The van der Waals surface area contributed by atoms with Crippen LogP contribution in [0.5, 0.6) is 0 Å². The fourth-order valence-electron chi connectivity index (χ4n) is 6.28. The third-order valence-electron chi connectivity index (χ3n) is 8.30. The van der Waals surface area contributed by atoms with E-state index in [1.165, 1.54) is 62.4 Å². The Bertz CT molecular complexity index is 929. The van der Waals surface area contributed by atoms with Crippen LogP contribution in [0, 0.1) is 40.9 Å². The number of benzene rings is 2. The molecule has 6 heteroatoms. The van der Waals surface area contributed by atoms with Crippen molar-refractivity contribution in [3.63, 3.8) is 0 Å². The van der Waals surface area contributed by atoms with Crippen LogP contribution in [0.3, 0.4) is 0 Å². The molecular weight excluding hydrogens is 459 g/mol. The molecule has 2 fully saturated rings. The van der Waals surface area contributed by atoms with E-state index in [-0.39, 0.29) is 11.5 Å². The van der Waals surface area contributed by atoms with Crippen molar-refractivity contribution >= 4 is 8.80 Å². The van der Waals surface area contributed by atoms with Crippen molar-refractivity contribution in [2.24, 2.45) is 11.8 Å². The van der Waals surface area contributed by atoms with Gasteiger partial charge in [-0.25, -0.2) is 22.0 Å². The van der Waals surface area contributed by atoms with Crippen molar-refractivity contribution in [1.82, 2.24) is 0 Å². The second-order valence-corrected chi connectivity index (χ2v) is 14.0. The first-order valence-electron chi connectivity index (χ1n) is 13.0. The maximum Gasteiger partial charge on any atom is 0.194 e. The van der Waals surface area contributed by atoms with E-state index in [0.29, 0.717) is 23.6 Å². The quantitative estimate of drug-likeness (QED) is 0.204. The molecule has 0 spiro atoms. The molecule has 0 bridgehead atoms. The summed E-state index contributed by atoms with van der Waals surface area (Å²) in [4.78, 5) is 0. The summed E-state index contributed by atoms with van der Waals surface area (Å²) in [7, 11) is -0.422. The van der Waals surface area contributed by atoms with Gasteiger partial charge in [0.2, 0.25) is 0 Å². The lowest BCUT2D eigenvalue weighted by Crippen LogP contribution is -2.22. The predicted octanol–water partition coefficient (Wildman–Crippen LogP) is 9.15. The van der Waals surface area contributed by atoms with Crippen molar-refractivity contribution in [3.05, 3.63) is 58.9 Å². The van der Waals surface area contributed by atoms with E-state index in [4.69, 9.17) is 0 Å². The minimum absolute atomic E-state index is 0.0893. The summed E-state index contributed by atoms with van der Waals surface area (Å²) in [6.07, 6.45) is 10.8. The number of hydrogen-bond donors (Lipinski definition) is 0. The van der Waals surface area contributed by atoms with E-state index in [9.17, 15) is 22.0 Å². The molecule has 186 valence electrons. The van der Waals surface area contributed by atoms with Crippen molar-refractivity contribution < 1.29 is 22.0 Å². The summed E-state index contributed by atoms with van der Waals surface area (Å²) in [5.41, 5.74) is -0.264. The highest BCUT2D eigenvalue weighted by molar-refractivity contribution is 6.58. The van der Waals surface area contributed by atoms with Gasteiger partial charge in [-0.15, -0.1) is 0 Å². The average molecular weight is 495 g/mol. The van der Waals surface area contributed by atoms with Gasteiger partial charge >= 0.3 is 0 Å². The van der Waals surface area contributed by atoms with Crippen LogP contribution < -0.4 is 0 Å². The van der Waals surface area contributed by atoms with Gasteiger partial charge in [0.15, 0.2) is 17.5 Å². The molecule has 1 saturated heterocycles. The fourth-order valence-corrected chi connectivity index (χ4v) is 9.85. The molecule has 0 aromatic heterocycles. The molecular formula is C28H35F5Si. The van der Waals surface area contributed by atoms with Gasteiger partial charge in [-0.05, 0) is 78.8 Å². The lowest BCUT2D eigenvalue weighted by molar-refractivity contribution is 0.279. The lowest BCUT2D eigenvalue weighted by atomic mass is 9.76. The van der Waals surface area contributed by atoms with E-state index in [0.717, 1.165) is 31.6 Å². The maximum atomic E-state index is 14.8. The highest BCUT2D eigenvalue weighted by atomic mass is 28.3. The van der Waals surface area contributed by atoms with Crippen LogP contribution in [-0.2, 0) is 0 Å². The Labute approximate surface area is 201 Å². The Hall–Kier alpha value is -1.69. The summed E-state index contributed by atoms with van der Waals surface area (Å²) in [6, 6.07) is 8.37. The SMILES string of the molecule is CCC[Si@H]1CC[C@H](CCC2CCC(c3cc(F)c(-c4cc(F)c(F)c(F)c4)c(F)c3)CC2)CC1. The first-order valence-corrected chi connectivity index (χ1v) is 15.4. The topological polar surface area (TPSA) is 0 Å². The van der Waals surface area contributed by atoms with Gasteiger partial charge in [0.1, 0.15) is 11.6 Å². The first kappa shape index (κ1) is 25.4. The molecule has 4 rings (SSSR count). The molecule has 1 aliphatic carbocycles. The first-order chi connectivity index (χ1) is 16.4. The van der Waals surface area contributed by atoms with E-state index in [1.807, 2.05) is 0 Å². The molecule has 1 aliphatic heterocycles. The Balaban J connectivity index is 1.32. The van der Waals surface area contributed by atoms with E-state index >= 15 is 0 Å². The third-order valence-corrected chi connectivity index (χ3v) is 12.0. The maximum absolute atomic E-state index is 14.8. The van der Waals surface area contributed by atoms with Crippen LogP contribution in [0.1, 0.15) is 76.2 Å². The summed E-state index contributed by atoms with van der Waals surface area (Å²) in [5, 5.41) is 0. The molecule has 0 nitrogen and oxygen atoms in total. The molecule has 1 heterocycles. The Kier molecular flexibility index (Phi) is 8.49. The normalized spacial score (nSPS) is 25.5. The van der Waals surface area contributed by atoms with Crippen LogP contribution >= 0.6 is 0 Å². The van der Waals surface area contributed by atoms with Gasteiger partial charge in [0.05, 0.1) is 5.56 Å². The molecule has 0 atom stereocenters. The molecule has 34 heavy (non-hydrogen) atoms. The molecule has 0 radical (unpaired) electrons. The zero-order valence-electron chi connectivity index (χ0n) is 20.0.